The first-order valence-corrected chi connectivity index (χ1v) is 7.51. The Hall–Kier alpha value is -2.35. The molecule has 1 unspecified atom stereocenters. The Morgan fingerprint density at radius 3 is 2.83 bits per heavy atom. The van der Waals surface area contributed by atoms with Crippen molar-refractivity contribution in [2.45, 2.75) is 6.92 Å². The molecule has 8 nitrogen and oxygen atoms in total. The first kappa shape index (κ1) is 17.0. The van der Waals surface area contributed by atoms with Crippen molar-refractivity contribution in [3.05, 3.63) is 18.3 Å². The van der Waals surface area contributed by atoms with Crippen molar-refractivity contribution in [3.8, 4) is 0 Å². The molecular formula is C15H22N4O4. The number of rotatable bonds is 5. The van der Waals surface area contributed by atoms with Crippen LogP contribution >= 0.6 is 0 Å². The minimum atomic E-state index is -0.934. The van der Waals surface area contributed by atoms with Gasteiger partial charge in [-0.05, 0) is 12.1 Å². The number of aliphatic carboxylic acids is 1. The van der Waals surface area contributed by atoms with E-state index in [1.54, 1.807) is 20.2 Å². The van der Waals surface area contributed by atoms with Crippen LogP contribution in [0.2, 0.25) is 0 Å². The van der Waals surface area contributed by atoms with E-state index in [0.717, 1.165) is 18.8 Å². The highest BCUT2D eigenvalue weighted by Crippen LogP contribution is 2.24. The van der Waals surface area contributed by atoms with Crippen LogP contribution in [-0.2, 0) is 9.53 Å². The number of pyridine rings is 1. The van der Waals surface area contributed by atoms with Gasteiger partial charge in [0.2, 0.25) is 0 Å². The molecular weight excluding hydrogens is 300 g/mol. The van der Waals surface area contributed by atoms with E-state index in [4.69, 9.17) is 9.84 Å². The molecule has 1 aliphatic rings. The monoisotopic (exact) mass is 322 g/mol. The predicted octanol–water partition coefficient (Wildman–Crippen LogP) is 1.10. The van der Waals surface area contributed by atoms with Crippen LogP contribution < -0.4 is 10.2 Å². The molecule has 0 spiro atoms. The van der Waals surface area contributed by atoms with Gasteiger partial charge in [0.05, 0.1) is 24.8 Å². The summed E-state index contributed by atoms with van der Waals surface area (Å²) in [5.74, 6) is -1.10. The number of carboxylic acids is 1. The maximum Gasteiger partial charge on any atom is 0.322 e. The second kappa shape index (κ2) is 7.77. The van der Waals surface area contributed by atoms with E-state index < -0.39 is 11.9 Å². The van der Waals surface area contributed by atoms with E-state index in [2.05, 4.69) is 15.2 Å². The molecule has 1 aromatic rings. The lowest BCUT2D eigenvalue weighted by Gasteiger charge is -2.30. The maximum atomic E-state index is 12.2. The number of carbonyl (C=O) groups excluding carboxylic acids is 1. The van der Waals surface area contributed by atoms with Crippen LogP contribution in [0, 0.1) is 5.92 Å². The first-order valence-electron chi connectivity index (χ1n) is 7.51. The third-order valence-corrected chi connectivity index (χ3v) is 3.68. The molecule has 0 radical (unpaired) electrons. The van der Waals surface area contributed by atoms with Crippen LogP contribution in [0.1, 0.15) is 6.92 Å². The first-order chi connectivity index (χ1) is 11.0. The van der Waals surface area contributed by atoms with Gasteiger partial charge in [0.1, 0.15) is 0 Å². The molecule has 2 amide bonds. The van der Waals surface area contributed by atoms with Gasteiger partial charge in [-0.3, -0.25) is 10.1 Å². The Morgan fingerprint density at radius 2 is 2.17 bits per heavy atom. The van der Waals surface area contributed by atoms with Gasteiger partial charge in [-0.25, -0.2) is 9.78 Å². The van der Waals surface area contributed by atoms with E-state index >= 15 is 0 Å². The topological polar surface area (TPSA) is 95.0 Å². The van der Waals surface area contributed by atoms with Crippen molar-refractivity contribution in [2.24, 2.45) is 5.92 Å². The molecule has 1 atom stereocenters. The van der Waals surface area contributed by atoms with Crippen molar-refractivity contribution in [1.82, 2.24) is 9.88 Å². The van der Waals surface area contributed by atoms with Crippen LogP contribution in [0.4, 0.5) is 16.3 Å². The van der Waals surface area contributed by atoms with Crippen LogP contribution in [0.25, 0.3) is 0 Å². The van der Waals surface area contributed by atoms with Gasteiger partial charge >= 0.3 is 12.0 Å². The molecule has 1 fully saturated rings. The number of carboxylic acid groups (broad SMARTS) is 1. The van der Waals surface area contributed by atoms with Crippen LogP contribution in [-0.4, -0.2) is 66.9 Å². The summed E-state index contributed by atoms with van der Waals surface area (Å²) in [6.45, 7) is 4.43. The average molecular weight is 322 g/mol. The van der Waals surface area contributed by atoms with Crippen LogP contribution in [0.15, 0.2) is 18.3 Å². The molecule has 0 saturated carbocycles. The van der Waals surface area contributed by atoms with Crippen molar-refractivity contribution < 1.29 is 19.4 Å². The summed E-state index contributed by atoms with van der Waals surface area (Å²) in [4.78, 5) is 30.8. The largest absolute Gasteiger partial charge is 0.481 e. The fraction of sp³-hybridized carbons (Fsp3) is 0.533. The zero-order valence-corrected chi connectivity index (χ0v) is 13.4. The molecule has 2 heterocycles. The average Bonchev–Trinajstić information content (AvgIpc) is 2.56. The molecule has 2 rings (SSSR count). The lowest BCUT2D eigenvalue weighted by atomic mass is 10.2. The quantitative estimate of drug-likeness (QED) is 0.843. The van der Waals surface area contributed by atoms with Crippen molar-refractivity contribution in [1.29, 1.82) is 0 Å². The van der Waals surface area contributed by atoms with Gasteiger partial charge in [-0.1, -0.05) is 6.92 Å². The summed E-state index contributed by atoms with van der Waals surface area (Å²) >= 11 is 0. The molecule has 2 N–H and O–H groups in total. The molecule has 8 heteroatoms. The Bertz CT molecular complexity index is 560. The molecule has 23 heavy (non-hydrogen) atoms. The predicted molar refractivity (Wildman–Crippen MR) is 85.7 cm³/mol. The normalized spacial score (nSPS) is 15.8. The zero-order chi connectivity index (χ0) is 16.8. The van der Waals surface area contributed by atoms with Gasteiger partial charge in [-0.15, -0.1) is 0 Å². The highest BCUT2D eigenvalue weighted by Gasteiger charge is 2.20. The minimum absolute atomic E-state index is 0.126. The van der Waals surface area contributed by atoms with Gasteiger partial charge in [0.15, 0.2) is 5.82 Å². The smallest absolute Gasteiger partial charge is 0.322 e. The Morgan fingerprint density at radius 1 is 1.48 bits per heavy atom. The highest BCUT2D eigenvalue weighted by atomic mass is 16.5. The third-order valence-electron chi connectivity index (χ3n) is 3.68. The van der Waals surface area contributed by atoms with Gasteiger partial charge in [0, 0.05) is 32.9 Å². The number of urea groups is 1. The lowest BCUT2D eigenvalue weighted by Crippen LogP contribution is -2.39. The van der Waals surface area contributed by atoms with Crippen molar-refractivity contribution in [3.63, 3.8) is 0 Å². The van der Waals surface area contributed by atoms with E-state index in [-0.39, 0.29) is 12.6 Å². The maximum absolute atomic E-state index is 12.2. The van der Waals surface area contributed by atoms with Gasteiger partial charge in [0.25, 0.3) is 0 Å². The fourth-order valence-electron chi connectivity index (χ4n) is 2.32. The van der Waals surface area contributed by atoms with Crippen LogP contribution in [0.3, 0.4) is 0 Å². The highest BCUT2D eigenvalue weighted by molar-refractivity contribution is 5.91. The summed E-state index contributed by atoms with van der Waals surface area (Å²) < 4.78 is 5.33. The number of anilines is 2. The summed E-state index contributed by atoms with van der Waals surface area (Å²) in [6.07, 6.45) is 1.61. The van der Waals surface area contributed by atoms with Gasteiger partial charge < -0.3 is 19.6 Å². The molecule has 0 aliphatic carbocycles. The number of carbonyl (C=O) groups is 2. The van der Waals surface area contributed by atoms with Gasteiger partial charge in [-0.2, -0.15) is 0 Å². The summed E-state index contributed by atoms with van der Waals surface area (Å²) in [5.41, 5.74) is 0.837. The van der Waals surface area contributed by atoms with E-state index in [0.29, 0.717) is 19.0 Å². The molecule has 1 saturated heterocycles. The number of hydrogen-bond acceptors (Lipinski definition) is 5. The van der Waals surface area contributed by atoms with E-state index in [1.807, 2.05) is 12.1 Å². The summed E-state index contributed by atoms with van der Waals surface area (Å²) in [6, 6.07) is 3.33. The number of amides is 2. The molecule has 1 aliphatic heterocycles. The third kappa shape index (κ3) is 4.56. The lowest BCUT2D eigenvalue weighted by molar-refractivity contribution is -0.141. The number of aromatic nitrogens is 1. The number of morpholine rings is 1. The molecule has 1 aromatic heterocycles. The zero-order valence-electron chi connectivity index (χ0n) is 13.4. The second-order valence-corrected chi connectivity index (χ2v) is 5.52. The molecule has 0 bridgehead atoms. The minimum Gasteiger partial charge on any atom is -0.481 e. The SMILES string of the molecule is CC(CN(C)C(=O)Nc1ncccc1N1CCOCC1)C(=O)O. The number of nitrogens with zero attached hydrogens (tertiary/aromatic N) is 3. The second-order valence-electron chi connectivity index (χ2n) is 5.52. The molecule has 126 valence electrons. The Labute approximate surface area is 135 Å². The van der Waals surface area contributed by atoms with Crippen LogP contribution in [0.5, 0.6) is 0 Å². The van der Waals surface area contributed by atoms with E-state index in [1.165, 1.54) is 4.90 Å². The number of nitrogens with one attached hydrogen (secondary N) is 1. The number of hydrogen-bond donors (Lipinski definition) is 2. The van der Waals surface area contributed by atoms with Crippen molar-refractivity contribution >= 4 is 23.5 Å². The summed E-state index contributed by atoms with van der Waals surface area (Å²) in [7, 11) is 1.56. The van der Waals surface area contributed by atoms with E-state index in [9.17, 15) is 9.59 Å². The fourth-order valence-corrected chi connectivity index (χ4v) is 2.32. The number of ether oxygens (including phenoxy) is 1. The Kier molecular flexibility index (Phi) is 5.75. The Balaban J connectivity index is 2.04. The molecule has 0 aromatic carbocycles. The standard InChI is InChI=1S/C15H22N4O4/c1-11(14(20)21)10-18(2)15(22)17-13-12(4-3-5-16-13)19-6-8-23-9-7-19/h3-5,11H,6-10H2,1-2H3,(H,20,21)(H,16,17,22). The van der Waals surface area contributed by atoms with Crippen molar-refractivity contribution in [2.75, 3.05) is 50.1 Å². The summed E-state index contributed by atoms with van der Waals surface area (Å²) in [5, 5.41) is 11.7.